The van der Waals surface area contributed by atoms with Crippen LogP contribution in [0.5, 0.6) is 0 Å². The SMILES string of the molecule is CC(C)(C)NC(N)=NCC(C)(C)c1cccc(Cl)c1. The average molecular weight is 282 g/mol. The van der Waals surface area contributed by atoms with Gasteiger partial charge in [0.1, 0.15) is 0 Å². The van der Waals surface area contributed by atoms with Gasteiger partial charge in [-0.25, -0.2) is 0 Å². The average Bonchev–Trinajstić information content (AvgIpc) is 2.24. The minimum atomic E-state index is -0.102. The normalized spacial score (nSPS) is 13.5. The molecule has 19 heavy (non-hydrogen) atoms. The van der Waals surface area contributed by atoms with Crippen molar-refractivity contribution in [2.24, 2.45) is 10.7 Å². The number of halogens is 1. The third-order valence-electron chi connectivity index (χ3n) is 2.75. The van der Waals surface area contributed by atoms with Gasteiger partial charge in [0.15, 0.2) is 5.96 Å². The monoisotopic (exact) mass is 281 g/mol. The summed E-state index contributed by atoms with van der Waals surface area (Å²) < 4.78 is 0. The van der Waals surface area contributed by atoms with Gasteiger partial charge in [0.05, 0.1) is 6.54 Å². The minimum absolute atomic E-state index is 0.0756. The van der Waals surface area contributed by atoms with Crippen molar-refractivity contribution in [2.45, 2.75) is 45.6 Å². The fourth-order valence-electron chi connectivity index (χ4n) is 1.71. The predicted molar refractivity (Wildman–Crippen MR) is 83.9 cm³/mol. The number of aliphatic imine (C=N–C) groups is 1. The van der Waals surface area contributed by atoms with Crippen LogP contribution in [-0.4, -0.2) is 18.0 Å². The highest BCUT2D eigenvalue weighted by atomic mass is 35.5. The van der Waals surface area contributed by atoms with Gasteiger partial charge in [-0.1, -0.05) is 37.6 Å². The maximum absolute atomic E-state index is 6.03. The zero-order valence-corrected chi connectivity index (χ0v) is 13.2. The number of nitrogens with zero attached hydrogens (tertiary/aromatic N) is 1. The number of nitrogens with one attached hydrogen (secondary N) is 1. The summed E-state index contributed by atoms with van der Waals surface area (Å²) in [6.07, 6.45) is 0. The number of rotatable bonds is 3. The van der Waals surface area contributed by atoms with Crippen molar-refractivity contribution in [2.75, 3.05) is 6.54 Å². The van der Waals surface area contributed by atoms with Crippen LogP contribution in [0.25, 0.3) is 0 Å². The van der Waals surface area contributed by atoms with E-state index in [9.17, 15) is 0 Å². The standard InChI is InChI=1S/C15H24ClN3/c1-14(2,3)19-13(17)18-10-15(4,5)11-7-6-8-12(16)9-11/h6-9H,10H2,1-5H3,(H3,17,18,19). The van der Waals surface area contributed by atoms with Crippen LogP contribution in [0, 0.1) is 0 Å². The van der Waals surface area contributed by atoms with Crippen LogP contribution >= 0.6 is 11.6 Å². The molecule has 1 aromatic rings. The van der Waals surface area contributed by atoms with Crippen LogP contribution in [-0.2, 0) is 5.41 Å². The van der Waals surface area contributed by atoms with E-state index in [-0.39, 0.29) is 11.0 Å². The minimum Gasteiger partial charge on any atom is -0.370 e. The van der Waals surface area contributed by atoms with Gasteiger partial charge in [-0.15, -0.1) is 0 Å². The molecule has 3 nitrogen and oxygen atoms in total. The number of hydrogen-bond donors (Lipinski definition) is 2. The van der Waals surface area contributed by atoms with E-state index in [0.29, 0.717) is 12.5 Å². The number of guanidine groups is 1. The van der Waals surface area contributed by atoms with Crippen LogP contribution in [0.3, 0.4) is 0 Å². The first-order valence-electron chi connectivity index (χ1n) is 6.44. The first-order valence-corrected chi connectivity index (χ1v) is 6.82. The van der Waals surface area contributed by atoms with E-state index in [4.69, 9.17) is 17.3 Å². The molecule has 0 aliphatic carbocycles. The first kappa shape index (κ1) is 15.8. The molecule has 106 valence electrons. The molecule has 0 amide bonds. The molecule has 0 spiro atoms. The van der Waals surface area contributed by atoms with Crippen molar-refractivity contribution < 1.29 is 0 Å². The third kappa shape index (κ3) is 5.52. The van der Waals surface area contributed by atoms with Crippen molar-refractivity contribution in [3.05, 3.63) is 34.9 Å². The van der Waals surface area contributed by atoms with Crippen molar-refractivity contribution in [3.8, 4) is 0 Å². The van der Waals surface area contributed by atoms with Crippen molar-refractivity contribution in [1.82, 2.24) is 5.32 Å². The lowest BCUT2D eigenvalue weighted by Gasteiger charge is -2.25. The van der Waals surface area contributed by atoms with Gasteiger partial charge in [-0.05, 0) is 38.5 Å². The largest absolute Gasteiger partial charge is 0.370 e. The molecule has 0 aromatic heterocycles. The van der Waals surface area contributed by atoms with Gasteiger partial charge in [0, 0.05) is 16.0 Å². The Balaban J connectivity index is 2.77. The molecule has 0 atom stereocenters. The van der Waals surface area contributed by atoms with Gasteiger partial charge < -0.3 is 11.1 Å². The van der Waals surface area contributed by atoms with Crippen LogP contribution < -0.4 is 11.1 Å². The zero-order valence-electron chi connectivity index (χ0n) is 12.4. The van der Waals surface area contributed by atoms with Gasteiger partial charge in [-0.2, -0.15) is 0 Å². The Hall–Kier alpha value is -1.22. The summed E-state index contributed by atoms with van der Waals surface area (Å²) in [5.74, 6) is 0.475. The Morgan fingerprint density at radius 2 is 1.89 bits per heavy atom. The lowest BCUT2D eigenvalue weighted by atomic mass is 9.85. The summed E-state index contributed by atoms with van der Waals surface area (Å²) in [6, 6.07) is 7.87. The Kier molecular flexibility index (Phi) is 4.86. The fraction of sp³-hybridized carbons (Fsp3) is 0.533. The molecule has 0 fully saturated rings. The molecule has 0 saturated heterocycles. The van der Waals surface area contributed by atoms with Gasteiger partial charge in [-0.3, -0.25) is 4.99 Å². The third-order valence-corrected chi connectivity index (χ3v) is 2.99. The molecule has 0 unspecified atom stereocenters. The Labute approximate surface area is 121 Å². The number of nitrogens with two attached hydrogens (primary N) is 1. The van der Waals surface area contributed by atoms with Crippen LogP contribution in [0.2, 0.25) is 5.02 Å². The van der Waals surface area contributed by atoms with E-state index in [2.05, 4.69) is 51.0 Å². The molecule has 4 heteroatoms. The number of benzene rings is 1. The lowest BCUT2D eigenvalue weighted by Crippen LogP contribution is -2.45. The second-order valence-corrected chi connectivity index (χ2v) is 6.91. The van der Waals surface area contributed by atoms with E-state index in [1.165, 1.54) is 0 Å². The maximum atomic E-state index is 6.03. The Morgan fingerprint density at radius 1 is 1.26 bits per heavy atom. The molecular weight excluding hydrogens is 258 g/mol. The summed E-state index contributed by atoms with van der Waals surface area (Å²) in [5.41, 5.74) is 6.87. The smallest absolute Gasteiger partial charge is 0.189 e. The van der Waals surface area contributed by atoms with Gasteiger partial charge in [0.25, 0.3) is 0 Å². The molecule has 0 aliphatic heterocycles. The fourth-order valence-corrected chi connectivity index (χ4v) is 1.90. The summed E-state index contributed by atoms with van der Waals surface area (Å²) in [4.78, 5) is 4.43. The highest BCUT2D eigenvalue weighted by molar-refractivity contribution is 6.30. The molecule has 1 rings (SSSR count). The van der Waals surface area contributed by atoms with Crippen molar-refractivity contribution in [3.63, 3.8) is 0 Å². The van der Waals surface area contributed by atoms with E-state index in [1.807, 2.05) is 18.2 Å². The highest BCUT2D eigenvalue weighted by Crippen LogP contribution is 2.25. The second-order valence-electron chi connectivity index (χ2n) is 6.47. The summed E-state index contributed by atoms with van der Waals surface area (Å²) in [5, 5.41) is 3.90. The zero-order chi connectivity index (χ0) is 14.7. The Bertz CT molecular complexity index is 459. The molecule has 3 N–H and O–H groups in total. The summed E-state index contributed by atoms with van der Waals surface area (Å²) in [7, 11) is 0. The second kappa shape index (κ2) is 5.83. The Morgan fingerprint density at radius 3 is 2.42 bits per heavy atom. The van der Waals surface area contributed by atoms with Gasteiger partial charge in [0.2, 0.25) is 0 Å². The lowest BCUT2D eigenvalue weighted by molar-refractivity contribution is 0.500. The van der Waals surface area contributed by atoms with E-state index >= 15 is 0 Å². The molecular formula is C15H24ClN3. The quantitative estimate of drug-likeness (QED) is 0.660. The van der Waals surface area contributed by atoms with Crippen molar-refractivity contribution in [1.29, 1.82) is 0 Å². The van der Waals surface area contributed by atoms with E-state index < -0.39 is 0 Å². The topological polar surface area (TPSA) is 50.4 Å². The molecule has 1 aromatic carbocycles. The molecule has 0 heterocycles. The van der Waals surface area contributed by atoms with Crippen LogP contribution in [0.4, 0.5) is 0 Å². The van der Waals surface area contributed by atoms with Gasteiger partial charge >= 0.3 is 0 Å². The highest BCUT2D eigenvalue weighted by Gasteiger charge is 2.21. The maximum Gasteiger partial charge on any atom is 0.189 e. The summed E-state index contributed by atoms with van der Waals surface area (Å²) >= 11 is 6.03. The van der Waals surface area contributed by atoms with E-state index in [1.54, 1.807) is 0 Å². The van der Waals surface area contributed by atoms with E-state index in [0.717, 1.165) is 10.6 Å². The molecule has 0 saturated carbocycles. The van der Waals surface area contributed by atoms with Crippen LogP contribution in [0.1, 0.15) is 40.2 Å². The summed E-state index contributed by atoms with van der Waals surface area (Å²) in [6.45, 7) is 11.0. The van der Waals surface area contributed by atoms with Crippen LogP contribution in [0.15, 0.2) is 29.3 Å². The van der Waals surface area contributed by atoms with Crippen molar-refractivity contribution >= 4 is 17.6 Å². The predicted octanol–water partition coefficient (Wildman–Crippen LogP) is 3.32. The number of hydrogen-bond acceptors (Lipinski definition) is 1. The first-order chi connectivity index (χ1) is 8.60. The molecule has 0 aliphatic rings. The molecule has 0 radical (unpaired) electrons. The molecule has 0 bridgehead atoms.